The summed E-state index contributed by atoms with van der Waals surface area (Å²) in [6, 6.07) is 5.89. The van der Waals surface area contributed by atoms with E-state index >= 15 is 0 Å². The van der Waals surface area contributed by atoms with Crippen LogP contribution in [-0.4, -0.2) is 67.6 Å². The second kappa shape index (κ2) is 9.20. The van der Waals surface area contributed by atoms with Crippen LogP contribution in [0.25, 0.3) is 16.6 Å². The molecular weight excluding hydrogens is 463 g/mol. The Balaban J connectivity index is 1.76. The molecule has 0 spiro atoms. The number of β-amino-alcohol motifs (C(OH)–C–C–N with tert-alkyl or cyclic N) is 1. The Morgan fingerprint density at radius 1 is 1.22 bits per heavy atom. The maximum atomic E-state index is 14.3. The van der Waals surface area contributed by atoms with Crippen molar-refractivity contribution >= 4 is 17.5 Å². The van der Waals surface area contributed by atoms with E-state index in [-0.39, 0.29) is 30.6 Å². The number of carbonyl (C=O) groups excluding carboxylic acids is 2. The summed E-state index contributed by atoms with van der Waals surface area (Å²) in [5.74, 6) is -0.781. The molecule has 3 aromatic rings. The Kier molecular flexibility index (Phi) is 6.55. The molecule has 1 aliphatic heterocycles. The minimum atomic E-state index is -1.30. The number of hydrogen-bond acceptors (Lipinski definition) is 5. The number of halogens is 1. The summed E-state index contributed by atoms with van der Waals surface area (Å²) in [5, 5.41) is 11.4. The van der Waals surface area contributed by atoms with Gasteiger partial charge in [-0.25, -0.2) is 14.2 Å². The van der Waals surface area contributed by atoms with Gasteiger partial charge in [0.25, 0.3) is 5.91 Å². The number of imidazole rings is 1. The van der Waals surface area contributed by atoms with E-state index in [1.165, 1.54) is 17.0 Å². The summed E-state index contributed by atoms with van der Waals surface area (Å²) in [4.78, 5) is 33.2. The largest absolute Gasteiger partial charge is 0.444 e. The maximum absolute atomic E-state index is 14.3. The smallest absolute Gasteiger partial charge is 0.410 e. The summed E-state index contributed by atoms with van der Waals surface area (Å²) >= 11 is 0. The van der Waals surface area contributed by atoms with Gasteiger partial charge in [-0.3, -0.25) is 4.79 Å². The van der Waals surface area contributed by atoms with Gasteiger partial charge in [-0.2, -0.15) is 0 Å². The van der Waals surface area contributed by atoms with Crippen molar-refractivity contribution in [2.24, 2.45) is 0 Å². The van der Waals surface area contributed by atoms with Crippen molar-refractivity contribution in [1.29, 1.82) is 0 Å². The van der Waals surface area contributed by atoms with Gasteiger partial charge in [-0.1, -0.05) is 6.07 Å². The molecule has 0 bridgehead atoms. The van der Waals surface area contributed by atoms with Gasteiger partial charge in [0.15, 0.2) is 0 Å². The molecular formula is C27H33FN4O4. The molecule has 192 valence electrons. The standard InChI is InChI=1S/C27H33FN4O4/c1-7-32(17(2)3)24(33)22-11-19(28)8-9-20(22)21-10-18(13-30-16-29-12-23(21)30)27(35)14-31(15-27)25(34)36-26(4,5)6/h8-13,16-17,35H,7,14-15H2,1-6H3. The first-order chi connectivity index (χ1) is 16.8. The molecule has 0 atom stereocenters. The third kappa shape index (κ3) is 4.80. The van der Waals surface area contributed by atoms with E-state index in [1.807, 2.05) is 20.8 Å². The van der Waals surface area contributed by atoms with Crippen molar-refractivity contribution in [3.05, 3.63) is 59.9 Å². The summed E-state index contributed by atoms with van der Waals surface area (Å²) < 4.78 is 21.5. The predicted molar refractivity (Wildman–Crippen MR) is 134 cm³/mol. The van der Waals surface area contributed by atoms with Gasteiger partial charge >= 0.3 is 6.09 Å². The van der Waals surface area contributed by atoms with Gasteiger partial charge in [0, 0.05) is 29.9 Å². The summed E-state index contributed by atoms with van der Waals surface area (Å²) in [6.07, 6.45) is 4.54. The second-order valence-corrected chi connectivity index (χ2v) is 10.6. The fraction of sp³-hybridized carbons (Fsp3) is 0.444. The van der Waals surface area contributed by atoms with Gasteiger partial charge in [-0.05, 0) is 65.3 Å². The molecule has 1 N–H and O–H groups in total. The molecule has 2 aromatic heterocycles. The summed E-state index contributed by atoms with van der Waals surface area (Å²) in [6.45, 7) is 11.7. The molecule has 0 unspecified atom stereocenters. The molecule has 0 aliphatic carbocycles. The van der Waals surface area contributed by atoms with Gasteiger partial charge < -0.3 is 24.0 Å². The molecule has 3 heterocycles. The highest BCUT2D eigenvalue weighted by Gasteiger charge is 2.47. The lowest BCUT2D eigenvalue weighted by atomic mass is 9.85. The van der Waals surface area contributed by atoms with Crippen molar-refractivity contribution in [2.75, 3.05) is 19.6 Å². The molecule has 4 rings (SSSR count). The van der Waals surface area contributed by atoms with Gasteiger partial charge in [0.2, 0.25) is 0 Å². The van der Waals surface area contributed by atoms with Crippen LogP contribution in [0, 0.1) is 5.82 Å². The molecule has 0 radical (unpaired) electrons. The number of ether oxygens (including phenoxy) is 1. The normalized spacial score (nSPS) is 15.2. The number of nitrogens with zero attached hydrogens (tertiary/aromatic N) is 4. The average molecular weight is 497 g/mol. The molecule has 1 fully saturated rings. The number of aliphatic hydroxyl groups is 1. The highest BCUT2D eigenvalue weighted by atomic mass is 19.1. The van der Waals surface area contributed by atoms with Crippen LogP contribution >= 0.6 is 0 Å². The van der Waals surface area contributed by atoms with Crippen LogP contribution in [0.2, 0.25) is 0 Å². The van der Waals surface area contributed by atoms with Gasteiger partial charge in [-0.15, -0.1) is 0 Å². The van der Waals surface area contributed by atoms with Crippen molar-refractivity contribution < 1.29 is 23.8 Å². The summed E-state index contributed by atoms with van der Waals surface area (Å²) in [5.41, 5.74) is 0.739. The van der Waals surface area contributed by atoms with E-state index in [0.29, 0.717) is 28.8 Å². The number of rotatable bonds is 5. The first-order valence-corrected chi connectivity index (χ1v) is 12.1. The second-order valence-electron chi connectivity index (χ2n) is 10.6. The quantitative estimate of drug-likeness (QED) is 0.564. The Labute approximate surface area is 210 Å². The minimum Gasteiger partial charge on any atom is -0.444 e. The lowest BCUT2D eigenvalue weighted by Gasteiger charge is -2.46. The number of fused-ring (bicyclic) bond motifs is 1. The topological polar surface area (TPSA) is 87.4 Å². The van der Waals surface area contributed by atoms with Crippen LogP contribution in [0.15, 0.2) is 43.0 Å². The molecule has 1 aromatic carbocycles. The molecule has 36 heavy (non-hydrogen) atoms. The number of hydrogen-bond donors (Lipinski definition) is 1. The number of amides is 2. The monoisotopic (exact) mass is 496 g/mol. The predicted octanol–water partition coefficient (Wildman–Crippen LogP) is 4.45. The van der Waals surface area contributed by atoms with Crippen LogP contribution in [-0.2, 0) is 10.3 Å². The fourth-order valence-corrected chi connectivity index (χ4v) is 4.55. The Bertz CT molecular complexity index is 1300. The van der Waals surface area contributed by atoms with Crippen molar-refractivity contribution in [1.82, 2.24) is 19.2 Å². The molecule has 2 amide bonds. The van der Waals surface area contributed by atoms with E-state index in [1.54, 1.807) is 60.9 Å². The number of pyridine rings is 1. The van der Waals surface area contributed by atoms with Gasteiger partial charge in [0.1, 0.15) is 17.0 Å². The highest BCUT2D eigenvalue weighted by Crippen LogP contribution is 2.37. The van der Waals surface area contributed by atoms with Crippen LogP contribution in [0.5, 0.6) is 0 Å². The van der Waals surface area contributed by atoms with E-state index < -0.39 is 23.1 Å². The first kappa shape index (κ1) is 25.6. The van der Waals surface area contributed by atoms with Crippen LogP contribution in [0.1, 0.15) is 57.5 Å². The zero-order chi connectivity index (χ0) is 26.4. The first-order valence-electron chi connectivity index (χ1n) is 12.1. The number of benzene rings is 1. The van der Waals surface area contributed by atoms with E-state index in [9.17, 15) is 19.1 Å². The third-order valence-electron chi connectivity index (χ3n) is 6.34. The molecule has 0 saturated carbocycles. The Hall–Kier alpha value is -3.46. The molecule has 1 aliphatic rings. The number of aromatic nitrogens is 2. The highest BCUT2D eigenvalue weighted by molar-refractivity contribution is 6.03. The van der Waals surface area contributed by atoms with Crippen LogP contribution < -0.4 is 0 Å². The van der Waals surface area contributed by atoms with Gasteiger partial charge in [0.05, 0.1) is 36.7 Å². The lowest BCUT2D eigenvalue weighted by Crippen LogP contribution is -2.62. The van der Waals surface area contributed by atoms with E-state index in [4.69, 9.17) is 4.74 Å². The molecule has 9 heteroatoms. The molecule has 1 saturated heterocycles. The van der Waals surface area contributed by atoms with Crippen LogP contribution in [0.3, 0.4) is 0 Å². The zero-order valence-corrected chi connectivity index (χ0v) is 21.6. The van der Waals surface area contributed by atoms with Crippen molar-refractivity contribution in [3.8, 4) is 11.1 Å². The van der Waals surface area contributed by atoms with E-state index in [0.717, 1.165) is 0 Å². The summed E-state index contributed by atoms with van der Waals surface area (Å²) in [7, 11) is 0. The molecule has 8 nitrogen and oxygen atoms in total. The fourth-order valence-electron chi connectivity index (χ4n) is 4.55. The zero-order valence-electron chi connectivity index (χ0n) is 21.6. The third-order valence-corrected chi connectivity index (χ3v) is 6.34. The SMILES string of the molecule is CCN(C(=O)c1cc(F)ccc1-c1cc(C2(O)CN(C(=O)OC(C)(C)C)C2)cn2cncc12)C(C)C. The Morgan fingerprint density at radius 2 is 1.92 bits per heavy atom. The average Bonchev–Trinajstić information content (AvgIpc) is 3.24. The Morgan fingerprint density at radius 3 is 2.53 bits per heavy atom. The maximum Gasteiger partial charge on any atom is 0.410 e. The minimum absolute atomic E-state index is 0.0607. The van der Waals surface area contributed by atoms with E-state index in [2.05, 4.69) is 4.98 Å². The van der Waals surface area contributed by atoms with Crippen LogP contribution in [0.4, 0.5) is 9.18 Å². The number of carbonyl (C=O) groups is 2. The van der Waals surface area contributed by atoms with Crippen molar-refractivity contribution in [2.45, 2.75) is 58.8 Å². The lowest BCUT2D eigenvalue weighted by molar-refractivity contribution is -0.103. The number of likely N-dealkylation sites (tertiary alicyclic amines) is 1. The van der Waals surface area contributed by atoms with Crippen molar-refractivity contribution in [3.63, 3.8) is 0 Å².